The van der Waals surface area contributed by atoms with Crippen molar-refractivity contribution in [1.29, 1.82) is 0 Å². The van der Waals surface area contributed by atoms with E-state index >= 15 is 0 Å². The molecule has 6 heteroatoms. The number of piperidine rings is 1. The second-order valence-corrected chi connectivity index (χ2v) is 5.95. The van der Waals surface area contributed by atoms with Crippen LogP contribution < -0.4 is 5.32 Å². The van der Waals surface area contributed by atoms with Crippen LogP contribution in [-0.4, -0.2) is 46.9 Å². The topological polar surface area (TPSA) is 86.7 Å². The van der Waals surface area contributed by atoms with Gasteiger partial charge in [0.25, 0.3) is 0 Å². The maximum Gasteiger partial charge on any atom is 0.312 e. The number of hydrogen-bond acceptors (Lipinski definition) is 3. The molecule has 19 heavy (non-hydrogen) atoms. The minimum atomic E-state index is -1.13. The summed E-state index contributed by atoms with van der Waals surface area (Å²) in [5.41, 5.74) is -0.389. The quantitative estimate of drug-likeness (QED) is 0.736. The largest absolute Gasteiger partial charge is 0.481 e. The summed E-state index contributed by atoms with van der Waals surface area (Å²) in [6.45, 7) is 6.87. The molecule has 0 radical (unpaired) electrons. The zero-order valence-corrected chi connectivity index (χ0v) is 11.7. The second kappa shape index (κ2) is 6.04. The highest BCUT2D eigenvalue weighted by atomic mass is 16.4. The maximum absolute atomic E-state index is 12.1. The van der Waals surface area contributed by atoms with E-state index in [4.69, 9.17) is 5.11 Å². The fraction of sp³-hybridized carbons (Fsp3) is 0.769. The highest BCUT2D eigenvalue weighted by Gasteiger charge is 2.30. The number of carboxylic acid groups (broad SMARTS) is 1. The van der Waals surface area contributed by atoms with Crippen LogP contribution in [0.15, 0.2) is 0 Å². The SMILES string of the molecule is CC(C)(C)C(=O)N1CCC(NC(=O)CC(=O)O)CC1. The lowest BCUT2D eigenvalue weighted by molar-refractivity contribution is -0.141. The van der Waals surface area contributed by atoms with Crippen LogP contribution in [0.4, 0.5) is 0 Å². The number of carboxylic acids is 1. The number of carbonyl (C=O) groups excluding carboxylic acids is 2. The van der Waals surface area contributed by atoms with Gasteiger partial charge < -0.3 is 15.3 Å². The summed E-state index contributed by atoms with van der Waals surface area (Å²) in [7, 11) is 0. The lowest BCUT2D eigenvalue weighted by Gasteiger charge is -2.35. The third-order valence-electron chi connectivity index (χ3n) is 3.10. The Bertz CT molecular complexity index is 365. The van der Waals surface area contributed by atoms with E-state index in [2.05, 4.69) is 5.32 Å². The van der Waals surface area contributed by atoms with Gasteiger partial charge >= 0.3 is 5.97 Å². The minimum absolute atomic E-state index is 0.0316. The van der Waals surface area contributed by atoms with Crippen LogP contribution in [0.2, 0.25) is 0 Å². The molecule has 0 aromatic carbocycles. The van der Waals surface area contributed by atoms with Gasteiger partial charge in [0.05, 0.1) is 0 Å². The van der Waals surface area contributed by atoms with E-state index < -0.39 is 18.3 Å². The molecule has 1 aliphatic heterocycles. The van der Waals surface area contributed by atoms with Crippen molar-refractivity contribution in [3.05, 3.63) is 0 Å². The number of carbonyl (C=O) groups is 3. The van der Waals surface area contributed by atoms with Crippen molar-refractivity contribution in [3.63, 3.8) is 0 Å². The molecule has 0 aromatic heterocycles. The molecule has 2 amide bonds. The van der Waals surface area contributed by atoms with Crippen molar-refractivity contribution in [2.45, 2.75) is 46.1 Å². The van der Waals surface area contributed by atoms with Gasteiger partial charge in [0.1, 0.15) is 6.42 Å². The second-order valence-electron chi connectivity index (χ2n) is 5.95. The Morgan fingerprint density at radius 2 is 1.74 bits per heavy atom. The van der Waals surface area contributed by atoms with Gasteiger partial charge in [0.15, 0.2) is 0 Å². The molecule has 1 fully saturated rings. The van der Waals surface area contributed by atoms with Gasteiger partial charge in [-0.2, -0.15) is 0 Å². The summed E-state index contributed by atoms with van der Waals surface area (Å²) in [6.07, 6.45) is 0.849. The van der Waals surface area contributed by atoms with Crippen LogP contribution in [0.25, 0.3) is 0 Å². The Labute approximate surface area is 113 Å². The van der Waals surface area contributed by atoms with Crippen LogP contribution in [-0.2, 0) is 14.4 Å². The maximum atomic E-state index is 12.1. The van der Waals surface area contributed by atoms with E-state index in [-0.39, 0.29) is 17.4 Å². The molecule has 0 saturated carbocycles. The Kier molecular flexibility index (Phi) is 4.91. The van der Waals surface area contributed by atoms with Gasteiger partial charge in [-0.1, -0.05) is 20.8 Å². The first-order valence-corrected chi connectivity index (χ1v) is 6.50. The molecule has 0 atom stereocenters. The van der Waals surface area contributed by atoms with E-state index in [9.17, 15) is 14.4 Å². The van der Waals surface area contributed by atoms with Gasteiger partial charge in [-0.25, -0.2) is 0 Å². The van der Waals surface area contributed by atoms with Crippen LogP contribution >= 0.6 is 0 Å². The Hall–Kier alpha value is -1.59. The van der Waals surface area contributed by atoms with Crippen LogP contribution in [0.1, 0.15) is 40.0 Å². The predicted octanol–water partition coefficient (Wildman–Crippen LogP) is 0.614. The fourth-order valence-corrected chi connectivity index (χ4v) is 2.12. The normalized spacial score (nSPS) is 17.1. The molecule has 6 nitrogen and oxygen atoms in total. The van der Waals surface area contributed by atoms with Crippen molar-refractivity contribution in [3.8, 4) is 0 Å². The van der Waals surface area contributed by atoms with Crippen molar-refractivity contribution >= 4 is 17.8 Å². The standard InChI is InChI=1S/C13H22N2O4/c1-13(2,3)12(19)15-6-4-9(5-7-15)14-10(16)8-11(17)18/h9H,4-8H2,1-3H3,(H,14,16)(H,17,18). The molecule has 1 saturated heterocycles. The molecule has 0 aromatic rings. The number of aliphatic carboxylic acids is 1. The smallest absolute Gasteiger partial charge is 0.312 e. The van der Waals surface area contributed by atoms with Crippen LogP contribution in [0, 0.1) is 5.41 Å². The molecular weight excluding hydrogens is 248 g/mol. The van der Waals surface area contributed by atoms with Gasteiger partial charge in [0, 0.05) is 24.5 Å². The van der Waals surface area contributed by atoms with E-state index in [1.54, 1.807) is 4.90 Å². The summed E-state index contributed by atoms with van der Waals surface area (Å²) in [6, 6.07) is -0.0316. The fourth-order valence-electron chi connectivity index (χ4n) is 2.12. The average Bonchev–Trinajstić information content (AvgIpc) is 2.26. The van der Waals surface area contributed by atoms with Gasteiger partial charge in [-0.3, -0.25) is 14.4 Å². The zero-order valence-electron chi connectivity index (χ0n) is 11.7. The van der Waals surface area contributed by atoms with Crippen molar-refractivity contribution in [2.24, 2.45) is 5.41 Å². The average molecular weight is 270 g/mol. The van der Waals surface area contributed by atoms with Crippen molar-refractivity contribution in [1.82, 2.24) is 10.2 Å². The molecule has 0 aliphatic carbocycles. The molecule has 1 heterocycles. The summed E-state index contributed by atoms with van der Waals surface area (Å²) in [5, 5.41) is 11.2. The molecule has 2 N–H and O–H groups in total. The Morgan fingerprint density at radius 1 is 1.21 bits per heavy atom. The zero-order chi connectivity index (χ0) is 14.6. The molecule has 0 spiro atoms. The summed E-state index contributed by atoms with van der Waals surface area (Å²) in [5.74, 6) is -1.48. The Balaban J connectivity index is 2.39. The number of rotatable bonds is 3. The summed E-state index contributed by atoms with van der Waals surface area (Å²) in [4.78, 5) is 35.6. The third-order valence-corrected chi connectivity index (χ3v) is 3.10. The summed E-state index contributed by atoms with van der Waals surface area (Å²) < 4.78 is 0. The first-order valence-electron chi connectivity index (χ1n) is 6.50. The number of hydrogen-bond donors (Lipinski definition) is 2. The lowest BCUT2D eigenvalue weighted by Crippen LogP contribution is -2.49. The van der Waals surface area contributed by atoms with Crippen molar-refractivity contribution < 1.29 is 19.5 Å². The number of amides is 2. The Morgan fingerprint density at radius 3 is 2.16 bits per heavy atom. The predicted molar refractivity (Wildman–Crippen MR) is 69.5 cm³/mol. The molecule has 1 aliphatic rings. The van der Waals surface area contributed by atoms with Gasteiger partial charge in [-0.05, 0) is 12.8 Å². The molecule has 0 unspecified atom stereocenters. The summed E-state index contributed by atoms with van der Waals surface area (Å²) >= 11 is 0. The van der Waals surface area contributed by atoms with Gasteiger partial charge in [0.2, 0.25) is 11.8 Å². The number of nitrogens with one attached hydrogen (secondary N) is 1. The van der Waals surface area contributed by atoms with E-state index in [0.717, 1.165) is 0 Å². The highest BCUT2D eigenvalue weighted by Crippen LogP contribution is 2.20. The van der Waals surface area contributed by atoms with Crippen molar-refractivity contribution in [2.75, 3.05) is 13.1 Å². The monoisotopic (exact) mass is 270 g/mol. The lowest BCUT2D eigenvalue weighted by atomic mass is 9.93. The van der Waals surface area contributed by atoms with Crippen LogP contribution in [0.5, 0.6) is 0 Å². The van der Waals surface area contributed by atoms with E-state index in [1.165, 1.54) is 0 Å². The third kappa shape index (κ3) is 4.89. The van der Waals surface area contributed by atoms with E-state index in [1.807, 2.05) is 20.8 Å². The van der Waals surface area contributed by atoms with Crippen LogP contribution in [0.3, 0.4) is 0 Å². The first-order chi connectivity index (χ1) is 8.70. The molecule has 108 valence electrons. The van der Waals surface area contributed by atoms with Gasteiger partial charge in [-0.15, -0.1) is 0 Å². The molecule has 1 rings (SSSR count). The minimum Gasteiger partial charge on any atom is -0.481 e. The number of likely N-dealkylation sites (tertiary alicyclic amines) is 1. The highest BCUT2D eigenvalue weighted by molar-refractivity contribution is 5.93. The molecule has 0 bridgehead atoms. The van der Waals surface area contributed by atoms with E-state index in [0.29, 0.717) is 25.9 Å². The molecular formula is C13H22N2O4. The number of nitrogens with zero attached hydrogens (tertiary/aromatic N) is 1. The first kappa shape index (κ1) is 15.5.